The zero-order chi connectivity index (χ0) is 21.5. The maximum atomic E-state index is 15.4. The van der Waals surface area contributed by atoms with Crippen molar-refractivity contribution in [3.05, 3.63) is 40.7 Å². The number of hydrogen-bond acceptors (Lipinski definition) is 10. The average Bonchev–Trinajstić information content (AvgIpc) is 3.20. The largest absolute Gasteiger partial charge is 0.573 e. The normalized spacial score (nSPS) is 28.2. The molecule has 160 valence electrons. The van der Waals surface area contributed by atoms with Gasteiger partial charge in [-0.3, -0.25) is 14.3 Å². The van der Waals surface area contributed by atoms with E-state index in [2.05, 4.69) is 15.3 Å². The zero-order valence-corrected chi connectivity index (χ0v) is 17.5. The molecule has 4 rings (SSSR count). The molecule has 2 aromatic rings. The molecular weight excluding hydrogens is 436 g/mol. The van der Waals surface area contributed by atoms with Crippen LogP contribution in [0.3, 0.4) is 0 Å². The molecule has 1 saturated heterocycles. The zero-order valence-electron chi connectivity index (χ0n) is 15.8. The van der Waals surface area contributed by atoms with Gasteiger partial charge in [0.1, 0.15) is 24.5 Å². The van der Waals surface area contributed by atoms with Gasteiger partial charge in [0.2, 0.25) is 17.8 Å². The van der Waals surface area contributed by atoms with E-state index in [0.29, 0.717) is 5.75 Å². The van der Waals surface area contributed by atoms with Crippen molar-refractivity contribution < 1.29 is 23.3 Å². The van der Waals surface area contributed by atoms with Gasteiger partial charge in [-0.05, 0) is 19.1 Å². The van der Waals surface area contributed by atoms with Crippen LogP contribution in [0.1, 0.15) is 6.92 Å². The number of halogens is 1. The minimum Gasteiger partial charge on any atom is -0.387 e. The van der Waals surface area contributed by atoms with Crippen LogP contribution >= 0.6 is 7.15 Å². The quantitative estimate of drug-likeness (QED) is 0.470. The lowest BCUT2D eigenvalue weighted by Crippen LogP contribution is -2.50. The highest BCUT2D eigenvalue weighted by Gasteiger charge is 2.58. The third-order valence-electron chi connectivity index (χ3n) is 4.88. The van der Waals surface area contributed by atoms with Gasteiger partial charge in [0.25, 0.3) is 5.56 Å². The SMILES string of the molecule is CC1(F)C(O)C(CO[P+](=S)Oc2ccccc2)OC1N1CNc2c1nc(N)[nH]c2=O. The number of para-hydroxylation sites is 1. The Labute approximate surface area is 176 Å². The summed E-state index contributed by atoms with van der Waals surface area (Å²) < 4.78 is 32.2. The third-order valence-corrected chi connectivity index (χ3v) is 6.14. The standard InChI is InChI=1S/C17H19FN5O5PS/c1-17(18)12(24)10(7-26-29(30)28-9-5-3-2-4-6-9)27-15(17)23-8-20-11-13(23)21-16(19)22-14(11)25/h2-6,10,12,15,20,24H,7-8H2,1H3,(H2-,19,21,22,25)/p+1. The van der Waals surface area contributed by atoms with Gasteiger partial charge in [-0.1, -0.05) is 18.2 Å². The first-order valence-electron chi connectivity index (χ1n) is 9.03. The second-order valence-corrected chi connectivity index (χ2v) is 8.78. The summed E-state index contributed by atoms with van der Waals surface area (Å²) in [5.74, 6) is 0.589. The van der Waals surface area contributed by atoms with E-state index in [1.165, 1.54) is 11.8 Å². The van der Waals surface area contributed by atoms with Gasteiger partial charge in [-0.15, -0.1) is 4.52 Å². The van der Waals surface area contributed by atoms with E-state index in [9.17, 15) is 9.90 Å². The number of benzene rings is 1. The minimum absolute atomic E-state index is 0.0597. The van der Waals surface area contributed by atoms with Crippen LogP contribution in [0.15, 0.2) is 35.1 Å². The monoisotopic (exact) mass is 456 g/mol. The van der Waals surface area contributed by atoms with E-state index in [1.807, 2.05) is 6.07 Å². The van der Waals surface area contributed by atoms with Crippen LogP contribution in [0.2, 0.25) is 0 Å². The molecular formula is C17H20FN5O5PS+. The van der Waals surface area contributed by atoms with Gasteiger partial charge in [-0.25, -0.2) is 4.39 Å². The molecule has 3 heterocycles. The fourth-order valence-electron chi connectivity index (χ4n) is 3.40. The lowest BCUT2D eigenvalue weighted by Gasteiger charge is -2.31. The topological polar surface area (TPSA) is 135 Å². The number of nitrogens with zero attached hydrogens (tertiary/aromatic N) is 2. The Balaban J connectivity index is 1.45. The van der Waals surface area contributed by atoms with Crippen molar-refractivity contribution >= 4 is 36.4 Å². The highest BCUT2D eigenvalue weighted by molar-refractivity contribution is 8.00. The Hall–Kier alpha value is -2.37. The van der Waals surface area contributed by atoms with Crippen LogP contribution in [-0.2, 0) is 21.1 Å². The predicted molar refractivity (Wildman–Crippen MR) is 112 cm³/mol. The summed E-state index contributed by atoms with van der Waals surface area (Å²) in [4.78, 5) is 19.9. The van der Waals surface area contributed by atoms with Gasteiger partial charge in [-0.2, -0.15) is 4.98 Å². The molecule has 13 heteroatoms. The van der Waals surface area contributed by atoms with Crippen molar-refractivity contribution in [2.45, 2.75) is 31.0 Å². The third kappa shape index (κ3) is 3.84. The van der Waals surface area contributed by atoms with E-state index in [0.717, 1.165) is 0 Å². The average molecular weight is 456 g/mol. The second kappa shape index (κ2) is 8.05. The lowest BCUT2D eigenvalue weighted by atomic mass is 9.98. The van der Waals surface area contributed by atoms with E-state index in [1.54, 1.807) is 24.3 Å². The molecule has 0 amide bonds. The number of anilines is 3. The van der Waals surface area contributed by atoms with Crippen molar-refractivity contribution in [1.29, 1.82) is 0 Å². The first-order chi connectivity index (χ1) is 14.3. The molecule has 2 aliphatic heterocycles. The number of hydrogen-bond donors (Lipinski definition) is 4. The number of nitrogen functional groups attached to an aromatic ring is 1. The van der Waals surface area contributed by atoms with Gasteiger partial charge in [0.05, 0.1) is 6.67 Å². The Morgan fingerprint density at radius 2 is 2.23 bits per heavy atom. The van der Waals surface area contributed by atoms with Crippen LogP contribution in [0.4, 0.5) is 21.8 Å². The van der Waals surface area contributed by atoms with E-state index in [4.69, 9.17) is 31.3 Å². The Morgan fingerprint density at radius 1 is 1.50 bits per heavy atom. The summed E-state index contributed by atoms with van der Waals surface area (Å²) in [6.07, 6.45) is -3.73. The predicted octanol–water partition coefficient (Wildman–Crippen LogP) is 1.22. The van der Waals surface area contributed by atoms with Gasteiger partial charge < -0.3 is 25.8 Å². The molecule has 0 aliphatic carbocycles. The molecule has 1 aromatic heterocycles. The summed E-state index contributed by atoms with van der Waals surface area (Å²) in [6, 6.07) is 8.90. The highest BCUT2D eigenvalue weighted by atomic mass is 32.4. The van der Waals surface area contributed by atoms with Crippen molar-refractivity contribution in [1.82, 2.24) is 9.97 Å². The number of alkyl halides is 1. The number of fused-ring (bicyclic) bond motifs is 1. The first kappa shape index (κ1) is 20.9. The molecule has 2 aliphatic rings. The highest BCUT2D eigenvalue weighted by Crippen LogP contribution is 2.41. The molecule has 10 nitrogen and oxygen atoms in total. The molecule has 5 atom stereocenters. The number of nitrogens with one attached hydrogen (secondary N) is 2. The Morgan fingerprint density at radius 3 is 2.97 bits per heavy atom. The molecule has 0 bridgehead atoms. The number of ether oxygens (including phenoxy) is 1. The molecule has 0 saturated carbocycles. The summed E-state index contributed by atoms with van der Waals surface area (Å²) in [5.41, 5.74) is 3.11. The maximum Gasteiger partial charge on any atom is 0.573 e. The number of H-pyrrole nitrogens is 1. The first-order valence-corrected chi connectivity index (χ1v) is 11.2. The van der Waals surface area contributed by atoms with Crippen LogP contribution in [0.25, 0.3) is 0 Å². The van der Waals surface area contributed by atoms with Crippen molar-refractivity contribution in [2.75, 3.05) is 29.2 Å². The molecule has 0 radical (unpaired) electrons. The lowest BCUT2D eigenvalue weighted by molar-refractivity contribution is -0.0150. The summed E-state index contributed by atoms with van der Waals surface area (Å²) in [6.45, 7) is 1.11. The summed E-state index contributed by atoms with van der Waals surface area (Å²) in [7, 11) is -1.73. The summed E-state index contributed by atoms with van der Waals surface area (Å²) >= 11 is 5.17. The Kier molecular flexibility index (Phi) is 5.60. The van der Waals surface area contributed by atoms with E-state index >= 15 is 4.39 Å². The number of aromatic amines is 1. The Bertz CT molecular complexity index is 1010. The molecule has 0 spiro atoms. The number of aliphatic hydroxyl groups excluding tert-OH is 1. The smallest absolute Gasteiger partial charge is 0.387 e. The van der Waals surface area contributed by atoms with Gasteiger partial charge in [0, 0.05) is 0 Å². The molecule has 5 N–H and O–H groups in total. The van der Waals surface area contributed by atoms with Gasteiger partial charge >= 0.3 is 7.15 Å². The maximum absolute atomic E-state index is 15.4. The van der Waals surface area contributed by atoms with Crippen LogP contribution in [0.5, 0.6) is 5.75 Å². The van der Waals surface area contributed by atoms with Crippen molar-refractivity contribution in [3.63, 3.8) is 0 Å². The van der Waals surface area contributed by atoms with Crippen molar-refractivity contribution in [3.8, 4) is 5.75 Å². The van der Waals surface area contributed by atoms with Crippen LogP contribution in [0, 0.1) is 0 Å². The van der Waals surface area contributed by atoms with Crippen LogP contribution < -0.4 is 26.0 Å². The number of nitrogens with two attached hydrogens (primary N) is 1. The fraction of sp³-hybridized carbons (Fsp3) is 0.412. The second-order valence-electron chi connectivity index (χ2n) is 7.00. The minimum atomic E-state index is -2.18. The molecule has 1 fully saturated rings. The van der Waals surface area contributed by atoms with Crippen molar-refractivity contribution in [2.24, 2.45) is 0 Å². The molecule has 1 aromatic carbocycles. The van der Waals surface area contributed by atoms with E-state index in [-0.39, 0.29) is 30.7 Å². The number of rotatable bonds is 6. The number of aliphatic hydroxyl groups is 1. The summed E-state index contributed by atoms with van der Waals surface area (Å²) in [5, 5.41) is 13.3. The van der Waals surface area contributed by atoms with Gasteiger partial charge in [0.15, 0.2) is 23.5 Å². The molecule has 5 unspecified atom stereocenters. The fourth-order valence-corrected chi connectivity index (χ4v) is 4.45. The molecule has 30 heavy (non-hydrogen) atoms. The number of aromatic nitrogens is 2. The van der Waals surface area contributed by atoms with Crippen LogP contribution in [-0.4, -0.2) is 52.5 Å². The van der Waals surface area contributed by atoms with E-state index < -0.39 is 36.8 Å².